The standard InChI is InChI=1S/C19H19ClF4N6O/c1-11-17-14(30(27-25-17)15-6-8-28(26-15)10-7-21)5-9-29(11)18(31)12-3-2-4-13(16(12)20)19(22,23)24/h2-4,6,8,11,25,27H,5,7,9-10H2,1H3. The van der Waals surface area contributed by atoms with Gasteiger partial charge >= 0.3 is 6.18 Å². The first-order valence-electron chi connectivity index (χ1n) is 9.53. The van der Waals surface area contributed by atoms with Crippen molar-refractivity contribution in [2.45, 2.75) is 32.1 Å². The number of hydrogen-bond acceptors (Lipinski definition) is 5. The van der Waals surface area contributed by atoms with Crippen molar-refractivity contribution in [1.82, 2.24) is 25.6 Å². The fraction of sp³-hybridized carbons (Fsp3) is 0.368. The molecule has 1 unspecified atom stereocenters. The Kier molecular flexibility index (Phi) is 5.56. The lowest BCUT2D eigenvalue weighted by Crippen LogP contribution is -2.46. The first-order valence-corrected chi connectivity index (χ1v) is 9.91. The van der Waals surface area contributed by atoms with Gasteiger partial charge in [0.1, 0.15) is 6.67 Å². The molecule has 1 aromatic carbocycles. The number of halogens is 5. The number of amides is 1. The summed E-state index contributed by atoms with van der Waals surface area (Å²) in [7, 11) is 0. The molecule has 0 bridgehead atoms. The molecule has 0 saturated heterocycles. The number of carbonyl (C=O) groups excluding carboxylic acids is 1. The van der Waals surface area contributed by atoms with Gasteiger partial charge in [0.05, 0.1) is 40.1 Å². The van der Waals surface area contributed by atoms with Crippen LogP contribution in [0.1, 0.15) is 29.3 Å². The molecule has 1 amide bonds. The van der Waals surface area contributed by atoms with Crippen LogP contribution in [0.5, 0.6) is 0 Å². The van der Waals surface area contributed by atoms with E-state index in [-0.39, 0.29) is 18.7 Å². The molecule has 0 aliphatic carbocycles. The third kappa shape index (κ3) is 3.83. The number of aromatic nitrogens is 2. The summed E-state index contributed by atoms with van der Waals surface area (Å²) in [5.41, 5.74) is 6.28. The number of hydrazine groups is 2. The van der Waals surface area contributed by atoms with Crippen molar-refractivity contribution in [3.8, 4) is 0 Å². The van der Waals surface area contributed by atoms with Gasteiger partial charge in [0, 0.05) is 25.2 Å². The van der Waals surface area contributed by atoms with E-state index in [1.165, 1.54) is 21.7 Å². The summed E-state index contributed by atoms with van der Waals surface area (Å²) < 4.78 is 53.5. The van der Waals surface area contributed by atoms with Crippen molar-refractivity contribution in [2.75, 3.05) is 18.2 Å². The summed E-state index contributed by atoms with van der Waals surface area (Å²) in [6.07, 6.45) is -2.57. The van der Waals surface area contributed by atoms with Crippen LogP contribution in [0.3, 0.4) is 0 Å². The van der Waals surface area contributed by atoms with Crippen LogP contribution in [0.25, 0.3) is 0 Å². The summed E-state index contributed by atoms with van der Waals surface area (Å²) in [6, 6.07) is 4.59. The van der Waals surface area contributed by atoms with Crippen molar-refractivity contribution in [3.05, 3.63) is 58.0 Å². The van der Waals surface area contributed by atoms with Gasteiger partial charge in [0.15, 0.2) is 5.82 Å². The van der Waals surface area contributed by atoms with Gasteiger partial charge in [0.2, 0.25) is 0 Å². The van der Waals surface area contributed by atoms with Gasteiger partial charge in [-0.2, -0.15) is 18.3 Å². The van der Waals surface area contributed by atoms with E-state index in [4.69, 9.17) is 11.6 Å². The summed E-state index contributed by atoms with van der Waals surface area (Å²) in [5, 5.41) is 5.41. The van der Waals surface area contributed by atoms with Gasteiger partial charge in [-0.15, -0.1) is 5.53 Å². The Morgan fingerprint density at radius 1 is 1.32 bits per heavy atom. The third-order valence-corrected chi connectivity index (χ3v) is 5.73. The number of nitrogens with one attached hydrogen (secondary N) is 2. The van der Waals surface area contributed by atoms with Crippen molar-refractivity contribution in [2.24, 2.45) is 0 Å². The fourth-order valence-corrected chi connectivity index (χ4v) is 4.08. The molecule has 7 nitrogen and oxygen atoms in total. The molecule has 0 radical (unpaired) electrons. The molecule has 2 N–H and O–H groups in total. The van der Waals surface area contributed by atoms with Gasteiger partial charge in [0.25, 0.3) is 5.91 Å². The lowest BCUT2D eigenvalue weighted by molar-refractivity contribution is -0.137. The van der Waals surface area contributed by atoms with E-state index in [0.717, 1.165) is 11.8 Å². The Morgan fingerprint density at radius 3 is 2.81 bits per heavy atom. The molecule has 1 aromatic heterocycles. The van der Waals surface area contributed by atoms with Crippen molar-refractivity contribution in [1.29, 1.82) is 0 Å². The van der Waals surface area contributed by atoms with Crippen LogP contribution >= 0.6 is 11.6 Å². The van der Waals surface area contributed by atoms with E-state index in [1.807, 2.05) is 0 Å². The normalized spacial score (nSPS) is 19.0. The third-order valence-electron chi connectivity index (χ3n) is 5.32. The van der Waals surface area contributed by atoms with Crippen molar-refractivity contribution in [3.63, 3.8) is 0 Å². The molecule has 2 aliphatic rings. The van der Waals surface area contributed by atoms with Crippen LogP contribution in [0.4, 0.5) is 23.4 Å². The van der Waals surface area contributed by atoms with E-state index < -0.39 is 35.4 Å². The van der Waals surface area contributed by atoms with Crippen LogP contribution in [0, 0.1) is 0 Å². The fourth-order valence-electron chi connectivity index (χ4n) is 3.77. The van der Waals surface area contributed by atoms with Gasteiger partial charge < -0.3 is 10.3 Å². The number of benzene rings is 1. The molecule has 0 fully saturated rings. The minimum absolute atomic E-state index is 0.142. The maximum atomic E-state index is 13.2. The highest BCUT2D eigenvalue weighted by atomic mass is 35.5. The topological polar surface area (TPSA) is 65.4 Å². The average molecular weight is 459 g/mol. The Bertz CT molecular complexity index is 1040. The molecule has 4 rings (SSSR count). The van der Waals surface area contributed by atoms with Gasteiger partial charge in [-0.3, -0.25) is 9.48 Å². The maximum absolute atomic E-state index is 13.2. The zero-order valence-corrected chi connectivity index (χ0v) is 17.1. The van der Waals surface area contributed by atoms with Crippen LogP contribution in [-0.2, 0) is 12.7 Å². The summed E-state index contributed by atoms with van der Waals surface area (Å²) >= 11 is 5.94. The highest BCUT2D eigenvalue weighted by Crippen LogP contribution is 2.37. The summed E-state index contributed by atoms with van der Waals surface area (Å²) in [5.74, 6) is -0.0264. The van der Waals surface area contributed by atoms with E-state index in [9.17, 15) is 22.4 Å². The highest BCUT2D eigenvalue weighted by molar-refractivity contribution is 6.34. The minimum atomic E-state index is -4.65. The second kappa shape index (κ2) is 8.04. The number of aryl methyl sites for hydroxylation is 1. The zero-order valence-electron chi connectivity index (χ0n) is 16.4. The molecular formula is C19H19ClF4N6O. The predicted octanol–water partition coefficient (Wildman–Crippen LogP) is 3.50. The van der Waals surface area contributed by atoms with Gasteiger partial charge in [-0.25, -0.2) is 9.40 Å². The Labute approximate surface area is 180 Å². The Hall–Kier alpha value is -2.79. The molecule has 0 spiro atoms. The molecule has 166 valence electrons. The smallest absolute Gasteiger partial charge is 0.330 e. The molecular weight excluding hydrogens is 440 g/mol. The first-order chi connectivity index (χ1) is 14.7. The second-order valence-electron chi connectivity index (χ2n) is 7.15. The largest absolute Gasteiger partial charge is 0.417 e. The molecule has 31 heavy (non-hydrogen) atoms. The highest BCUT2D eigenvalue weighted by Gasteiger charge is 2.39. The number of rotatable bonds is 4. The average Bonchev–Trinajstić information content (AvgIpc) is 3.34. The first kappa shape index (κ1) is 21.4. The van der Waals surface area contributed by atoms with E-state index in [2.05, 4.69) is 16.1 Å². The molecule has 3 heterocycles. The van der Waals surface area contributed by atoms with Gasteiger partial charge in [-0.05, 0) is 19.1 Å². The number of hydrogen-bond donors (Lipinski definition) is 2. The molecule has 12 heteroatoms. The minimum Gasteiger partial charge on any atom is -0.330 e. The number of alkyl halides is 4. The molecule has 2 aliphatic heterocycles. The van der Waals surface area contributed by atoms with E-state index in [1.54, 1.807) is 24.2 Å². The number of carbonyl (C=O) groups is 1. The molecule has 2 aromatic rings. The van der Waals surface area contributed by atoms with Crippen LogP contribution in [0.2, 0.25) is 5.02 Å². The second-order valence-corrected chi connectivity index (χ2v) is 7.53. The van der Waals surface area contributed by atoms with Gasteiger partial charge in [-0.1, -0.05) is 17.7 Å². The monoisotopic (exact) mass is 458 g/mol. The molecule has 0 saturated carbocycles. The van der Waals surface area contributed by atoms with E-state index in [0.29, 0.717) is 17.9 Å². The van der Waals surface area contributed by atoms with E-state index >= 15 is 0 Å². The predicted molar refractivity (Wildman–Crippen MR) is 106 cm³/mol. The maximum Gasteiger partial charge on any atom is 0.417 e. The molecule has 1 atom stereocenters. The lowest BCUT2D eigenvalue weighted by Gasteiger charge is -2.35. The lowest BCUT2D eigenvalue weighted by atomic mass is 10.0. The Morgan fingerprint density at radius 2 is 2.10 bits per heavy atom. The SMILES string of the molecule is CC1C2=C(CCN1C(=O)c1cccc(C(F)(F)F)c1Cl)N(c1ccn(CCF)n1)NN2. The quantitative estimate of drug-likeness (QED) is 0.687. The Balaban J connectivity index is 1.58. The number of anilines is 1. The van der Waals surface area contributed by atoms with Crippen molar-refractivity contribution < 1.29 is 22.4 Å². The number of nitrogens with zero attached hydrogens (tertiary/aromatic N) is 4. The van der Waals surface area contributed by atoms with Crippen molar-refractivity contribution >= 4 is 23.3 Å². The zero-order chi connectivity index (χ0) is 22.3. The van der Waals surface area contributed by atoms with Crippen LogP contribution < -0.4 is 16.0 Å². The summed E-state index contributed by atoms with van der Waals surface area (Å²) in [6.45, 7) is 1.65. The van der Waals surface area contributed by atoms with Crippen LogP contribution in [0.15, 0.2) is 41.9 Å². The summed E-state index contributed by atoms with van der Waals surface area (Å²) in [4.78, 5) is 14.5. The van der Waals surface area contributed by atoms with Crippen LogP contribution in [-0.4, -0.2) is 39.8 Å².